The van der Waals surface area contributed by atoms with E-state index in [9.17, 15) is 23.5 Å². The van der Waals surface area contributed by atoms with Gasteiger partial charge in [0.2, 0.25) is 0 Å². The molecule has 3 saturated carbocycles. The highest BCUT2D eigenvalue weighted by Crippen LogP contribution is 2.75. The molecule has 5 rings (SSSR count). The molecule has 29 heavy (non-hydrogen) atoms. The number of carbonyl (C=O) groups is 2. The molecule has 0 aromatic heterocycles. The number of carbonyl (C=O) groups excluding carboxylic acids is 1. The first-order valence-electron chi connectivity index (χ1n) is 9.45. The lowest BCUT2D eigenvalue weighted by Gasteiger charge is -2.72. The number of ether oxygens (including phenoxy) is 1. The molecular formula is C22H21F2NO4. The number of nitrogens with one attached hydrogen (secondary N) is 1. The number of aliphatic carboxylic acids is 1. The van der Waals surface area contributed by atoms with Gasteiger partial charge in [0, 0.05) is 5.41 Å². The summed E-state index contributed by atoms with van der Waals surface area (Å²) in [7, 11) is 0. The number of benzene rings is 2. The van der Waals surface area contributed by atoms with Gasteiger partial charge in [0.05, 0.1) is 0 Å². The Labute approximate surface area is 166 Å². The average molecular weight is 401 g/mol. The van der Waals surface area contributed by atoms with Crippen LogP contribution in [-0.4, -0.2) is 23.2 Å². The minimum atomic E-state index is -1.12. The van der Waals surface area contributed by atoms with Gasteiger partial charge in [-0.3, -0.25) is 0 Å². The van der Waals surface area contributed by atoms with Crippen LogP contribution in [0.2, 0.25) is 0 Å². The van der Waals surface area contributed by atoms with E-state index in [4.69, 9.17) is 4.74 Å². The summed E-state index contributed by atoms with van der Waals surface area (Å²) >= 11 is 0. The van der Waals surface area contributed by atoms with Gasteiger partial charge in [-0.2, -0.15) is 0 Å². The zero-order chi connectivity index (χ0) is 20.6. The van der Waals surface area contributed by atoms with E-state index < -0.39 is 35.2 Å². The van der Waals surface area contributed by atoms with Crippen LogP contribution in [0.15, 0.2) is 48.5 Å². The van der Waals surface area contributed by atoms with Crippen molar-refractivity contribution < 1.29 is 28.2 Å². The van der Waals surface area contributed by atoms with E-state index in [0.717, 1.165) is 17.7 Å². The lowest BCUT2D eigenvalue weighted by molar-refractivity contribution is -0.224. The molecular weight excluding hydrogens is 380 g/mol. The second kappa shape index (κ2) is 7.13. The summed E-state index contributed by atoms with van der Waals surface area (Å²) in [6.45, 7) is 0.0504. The van der Waals surface area contributed by atoms with Crippen LogP contribution in [-0.2, 0) is 22.6 Å². The number of hydrogen-bond donors (Lipinski definition) is 2. The minimum Gasteiger partial charge on any atom is -0.480 e. The molecule has 1 unspecified atom stereocenters. The summed E-state index contributed by atoms with van der Waals surface area (Å²) in [5, 5.41) is 12.1. The summed E-state index contributed by atoms with van der Waals surface area (Å²) in [5.74, 6) is -2.07. The van der Waals surface area contributed by atoms with Crippen LogP contribution in [0.4, 0.5) is 13.6 Å². The van der Waals surface area contributed by atoms with Crippen LogP contribution in [0.25, 0.3) is 0 Å². The smallest absolute Gasteiger partial charge is 0.408 e. The third-order valence-electron chi connectivity index (χ3n) is 6.09. The standard InChI is InChI=1S/C22H21F2NO4/c23-16-6-7-17(24)15(8-16)9-21-11-22(12-21,13-21)18(19(26)27)25-20(28)29-10-14-4-2-1-3-5-14/h1-8,18H,9-13H2,(H,25,28)(H,26,27). The lowest BCUT2D eigenvalue weighted by Crippen LogP contribution is -2.72. The third kappa shape index (κ3) is 3.69. The normalized spacial score (nSPS) is 25.3. The fourth-order valence-electron chi connectivity index (χ4n) is 5.02. The third-order valence-corrected chi connectivity index (χ3v) is 6.09. The molecule has 1 amide bonds. The maximum Gasteiger partial charge on any atom is 0.408 e. The quantitative estimate of drug-likeness (QED) is 0.734. The molecule has 2 bridgehead atoms. The maximum absolute atomic E-state index is 13.9. The van der Waals surface area contributed by atoms with Crippen molar-refractivity contribution in [2.75, 3.05) is 0 Å². The molecule has 0 aliphatic heterocycles. The zero-order valence-electron chi connectivity index (χ0n) is 15.7. The molecule has 0 saturated heterocycles. The monoisotopic (exact) mass is 401 g/mol. The van der Waals surface area contributed by atoms with Gasteiger partial charge in [-0.25, -0.2) is 18.4 Å². The van der Waals surface area contributed by atoms with Crippen LogP contribution < -0.4 is 5.32 Å². The highest BCUT2D eigenvalue weighted by Gasteiger charge is 2.71. The van der Waals surface area contributed by atoms with E-state index in [1.54, 1.807) is 12.1 Å². The summed E-state index contributed by atoms with van der Waals surface area (Å²) in [6, 6.07) is 11.4. The van der Waals surface area contributed by atoms with E-state index in [1.807, 2.05) is 18.2 Å². The van der Waals surface area contributed by atoms with E-state index >= 15 is 0 Å². The van der Waals surface area contributed by atoms with E-state index in [2.05, 4.69) is 5.32 Å². The maximum atomic E-state index is 13.9. The van der Waals surface area contributed by atoms with Gasteiger partial charge in [-0.15, -0.1) is 0 Å². The molecule has 0 spiro atoms. The molecule has 5 nitrogen and oxygen atoms in total. The van der Waals surface area contributed by atoms with E-state index in [0.29, 0.717) is 31.2 Å². The van der Waals surface area contributed by atoms with Gasteiger partial charge >= 0.3 is 12.1 Å². The Morgan fingerprint density at radius 3 is 2.45 bits per heavy atom. The summed E-state index contributed by atoms with van der Waals surface area (Å²) < 4.78 is 32.5. The number of carboxylic acids is 1. The molecule has 3 aliphatic carbocycles. The van der Waals surface area contributed by atoms with Crippen LogP contribution >= 0.6 is 0 Å². The molecule has 2 N–H and O–H groups in total. The van der Waals surface area contributed by atoms with Crippen LogP contribution in [0, 0.1) is 22.5 Å². The fraction of sp³-hybridized carbons (Fsp3) is 0.364. The van der Waals surface area contributed by atoms with Crippen molar-refractivity contribution in [3.05, 3.63) is 71.3 Å². The molecule has 2 aromatic carbocycles. The minimum absolute atomic E-state index is 0.0504. The summed E-state index contributed by atoms with van der Waals surface area (Å²) in [5.41, 5.74) is 0.329. The number of rotatable bonds is 7. The molecule has 3 fully saturated rings. The van der Waals surface area contributed by atoms with Gasteiger partial charge in [0.15, 0.2) is 0 Å². The number of hydrogen-bond acceptors (Lipinski definition) is 3. The number of alkyl carbamates (subject to hydrolysis) is 1. The van der Waals surface area contributed by atoms with Gasteiger partial charge in [0.25, 0.3) is 0 Å². The van der Waals surface area contributed by atoms with Crippen molar-refractivity contribution in [1.82, 2.24) is 5.32 Å². The van der Waals surface area contributed by atoms with Crippen molar-refractivity contribution in [2.24, 2.45) is 10.8 Å². The first-order chi connectivity index (χ1) is 13.8. The molecule has 0 heterocycles. The molecule has 1 atom stereocenters. The molecule has 3 aliphatic rings. The van der Waals surface area contributed by atoms with Gasteiger partial charge in [-0.1, -0.05) is 30.3 Å². The predicted molar refractivity (Wildman–Crippen MR) is 100.0 cm³/mol. The Morgan fingerprint density at radius 1 is 1.10 bits per heavy atom. The van der Waals surface area contributed by atoms with Crippen molar-refractivity contribution in [3.63, 3.8) is 0 Å². The molecule has 0 radical (unpaired) electrons. The number of halogens is 2. The number of carboxylic acid groups (broad SMARTS) is 1. The average Bonchev–Trinajstić information content (AvgIpc) is 2.63. The molecule has 152 valence electrons. The Morgan fingerprint density at radius 2 is 1.79 bits per heavy atom. The van der Waals surface area contributed by atoms with Crippen molar-refractivity contribution in [1.29, 1.82) is 0 Å². The van der Waals surface area contributed by atoms with Crippen molar-refractivity contribution in [2.45, 2.75) is 38.3 Å². The van der Waals surface area contributed by atoms with Crippen LogP contribution in [0.1, 0.15) is 30.4 Å². The second-order valence-corrected chi connectivity index (χ2v) is 8.28. The van der Waals surface area contributed by atoms with Crippen LogP contribution in [0.5, 0.6) is 0 Å². The highest BCUT2D eigenvalue weighted by atomic mass is 19.1. The topological polar surface area (TPSA) is 75.6 Å². The Hall–Kier alpha value is -2.96. The highest BCUT2D eigenvalue weighted by molar-refractivity contribution is 5.81. The van der Waals surface area contributed by atoms with Crippen molar-refractivity contribution in [3.8, 4) is 0 Å². The van der Waals surface area contributed by atoms with Gasteiger partial charge in [-0.05, 0) is 60.4 Å². The van der Waals surface area contributed by atoms with Gasteiger partial charge in [0.1, 0.15) is 24.3 Å². The molecule has 2 aromatic rings. The lowest BCUT2D eigenvalue weighted by atomic mass is 9.32. The summed E-state index contributed by atoms with van der Waals surface area (Å²) in [4.78, 5) is 23.9. The number of amides is 1. The van der Waals surface area contributed by atoms with E-state index in [1.165, 1.54) is 6.07 Å². The zero-order valence-corrected chi connectivity index (χ0v) is 15.7. The SMILES string of the molecule is O=C(NC(C(=O)O)C12CC(Cc3cc(F)ccc3F)(C1)C2)OCc1ccccc1. The largest absolute Gasteiger partial charge is 0.480 e. The Balaban J connectivity index is 1.34. The van der Waals surface area contributed by atoms with Crippen LogP contribution in [0.3, 0.4) is 0 Å². The first-order valence-corrected chi connectivity index (χ1v) is 9.45. The second-order valence-electron chi connectivity index (χ2n) is 8.28. The first kappa shape index (κ1) is 19.4. The fourth-order valence-corrected chi connectivity index (χ4v) is 5.02. The van der Waals surface area contributed by atoms with Crippen molar-refractivity contribution >= 4 is 12.1 Å². The van der Waals surface area contributed by atoms with Gasteiger partial charge < -0.3 is 15.2 Å². The summed E-state index contributed by atoms with van der Waals surface area (Å²) in [6.07, 6.45) is 1.23. The van der Waals surface area contributed by atoms with E-state index in [-0.39, 0.29) is 12.0 Å². The molecule has 7 heteroatoms. The Bertz CT molecular complexity index is 927. The Kier molecular flexibility index (Phi) is 4.76. The predicted octanol–water partition coefficient (Wildman–Crippen LogP) is 4.06.